The predicted octanol–water partition coefficient (Wildman–Crippen LogP) is 3.59. The van der Waals surface area contributed by atoms with Crippen molar-refractivity contribution in [3.05, 3.63) is 35.5 Å². The highest BCUT2D eigenvalue weighted by molar-refractivity contribution is 6.35. The third kappa shape index (κ3) is 3.35. The Hall–Kier alpha value is -2.30. The molecule has 27 heavy (non-hydrogen) atoms. The molecule has 0 unspecified atom stereocenters. The van der Waals surface area contributed by atoms with Crippen LogP contribution in [0, 0.1) is 0 Å². The molecular formula is C22H28N2O3. The summed E-state index contributed by atoms with van der Waals surface area (Å²) in [5.74, 6) is 0.584. The van der Waals surface area contributed by atoms with Crippen LogP contribution in [0.15, 0.2) is 30.0 Å². The first-order valence-electron chi connectivity index (χ1n) is 10.3. The first-order valence-corrected chi connectivity index (χ1v) is 10.3. The Morgan fingerprint density at radius 1 is 0.926 bits per heavy atom. The van der Waals surface area contributed by atoms with E-state index >= 15 is 0 Å². The molecule has 0 radical (unpaired) electrons. The molecule has 1 saturated carbocycles. The second kappa shape index (κ2) is 7.75. The third-order valence-corrected chi connectivity index (χ3v) is 5.91. The number of likely N-dealkylation sites (tertiary alicyclic amines) is 1. The van der Waals surface area contributed by atoms with Gasteiger partial charge in [-0.05, 0) is 50.3 Å². The number of amides is 2. The fourth-order valence-corrected chi connectivity index (χ4v) is 4.58. The van der Waals surface area contributed by atoms with Crippen molar-refractivity contribution in [3.63, 3.8) is 0 Å². The third-order valence-electron chi connectivity index (χ3n) is 5.91. The maximum Gasteiger partial charge on any atom is 0.278 e. The van der Waals surface area contributed by atoms with E-state index in [2.05, 4.69) is 4.90 Å². The largest absolute Gasteiger partial charge is 0.494 e. The van der Waals surface area contributed by atoms with Crippen molar-refractivity contribution in [2.75, 3.05) is 19.7 Å². The molecule has 0 N–H and O–H groups in total. The zero-order valence-electron chi connectivity index (χ0n) is 16.1. The van der Waals surface area contributed by atoms with E-state index in [0.29, 0.717) is 17.9 Å². The Bertz CT molecular complexity index is 741. The number of nitrogens with zero attached hydrogens (tertiary/aromatic N) is 2. The molecular weight excluding hydrogens is 340 g/mol. The Morgan fingerprint density at radius 2 is 1.59 bits per heavy atom. The highest BCUT2D eigenvalue weighted by Crippen LogP contribution is 2.37. The lowest BCUT2D eigenvalue weighted by Gasteiger charge is -2.30. The van der Waals surface area contributed by atoms with E-state index in [4.69, 9.17) is 4.74 Å². The smallest absolute Gasteiger partial charge is 0.278 e. The average molecular weight is 368 g/mol. The highest BCUT2D eigenvalue weighted by atomic mass is 16.5. The zero-order valence-corrected chi connectivity index (χ0v) is 16.1. The van der Waals surface area contributed by atoms with Gasteiger partial charge in [0.05, 0.1) is 12.2 Å². The fraction of sp³-hybridized carbons (Fsp3) is 0.545. The van der Waals surface area contributed by atoms with Crippen LogP contribution >= 0.6 is 0 Å². The number of hydrogen-bond donors (Lipinski definition) is 0. The molecule has 2 aliphatic heterocycles. The first kappa shape index (κ1) is 18.1. The van der Waals surface area contributed by atoms with Gasteiger partial charge in [-0.3, -0.25) is 14.5 Å². The van der Waals surface area contributed by atoms with Crippen LogP contribution in [0.4, 0.5) is 0 Å². The molecule has 1 aromatic rings. The fourth-order valence-electron chi connectivity index (χ4n) is 4.58. The van der Waals surface area contributed by atoms with Gasteiger partial charge in [0.2, 0.25) is 0 Å². The van der Waals surface area contributed by atoms with Crippen LogP contribution < -0.4 is 4.74 Å². The van der Waals surface area contributed by atoms with Gasteiger partial charge in [0, 0.05) is 19.1 Å². The molecule has 0 bridgehead atoms. The summed E-state index contributed by atoms with van der Waals surface area (Å²) in [5, 5.41) is 0. The number of rotatable bonds is 5. The minimum Gasteiger partial charge on any atom is -0.494 e. The Balaban J connectivity index is 1.71. The molecule has 5 heteroatoms. The van der Waals surface area contributed by atoms with Crippen LogP contribution in [-0.4, -0.2) is 47.4 Å². The summed E-state index contributed by atoms with van der Waals surface area (Å²) in [6.07, 6.45) is 7.40. The van der Waals surface area contributed by atoms with E-state index in [1.54, 1.807) is 4.90 Å². The van der Waals surface area contributed by atoms with E-state index in [1.165, 1.54) is 6.42 Å². The number of ether oxygens (including phenoxy) is 1. The van der Waals surface area contributed by atoms with Crippen molar-refractivity contribution in [2.45, 2.75) is 57.9 Å². The van der Waals surface area contributed by atoms with Crippen molar-refractivity contribution in [3.8, 4) is 5.75 Å². The summed E-state index contributed by atoms with van der Waals surface area (Å²) in [4.78, 5) is 30.4. The molecule has 0 aromatic heterocycles. The van der Waals surface area contributed by atoms with Gasteiger partial charge >= 0.3 is 0 Å². The SMILES string of the molecule is CCOc1ccc(C2=C(N3CCCC3)C(=O)N(C3CCCCC3)C2=O)cc1. The molecule has 3 aliphatic rings. The molecule has 4 rings (SSSR count). The molecule has 1 aliphatic carbocycles. The number of benzene rings is 1. The lowest BCUT2D eigenvalue weighted by atomic mass is 9.94. The minimum atomic E-state index is -0.113. The monoisotopic (exact) mass is 368 g/mol. The maximum atomic E-state index is 13.4. The van der Waals surface area contributed by atoms with Crippen LogP contribution in [0.1, 0.15) is 57.4 Å². The molecule has 2 fully saturated rings. The van der Waals surface area contributed by atoms with E-state index in [1.807, 2.05) is 31.2 Å². The summed E-state index contributed by atoms with van der Waals surface area (Å²) < 4.78 is 5.53. The summed E-state index contributed by atoms with van der Waals surface area (Å²) in [7, 11) is 0. The number of hydrogen-bond acceptors (Lipinski definition) is 4. The minimum absolute atomic E-state index is 0.0524. The summed E-state index contributed by atoms with van der Waals surface area (Å²) in [5.41, 5.74) is 2.01. The summed E-state index contributed by atoms with van der Waals surface area (Å²) >= 11 is 0. The second-order valence-corrected chi connectivity index (χ2v) is 7.65. The van der Waals surface area contributed by atoms with Crippen LogP contribution in [0.3, 0.4) is 0 Å². The Morgan fingerprint density at radius 3 is 2.22 bits per heavy atom. The molecule has 2 heterocycles. The van der Waals surface area contributed by atoms with Gasteiger partial charge in [-0.15, -0.1) is 0 Å². The van der Waals surface area contributed by atoms with Crippen LogP contribution in [0.5, 0.6) is 5.75 Å². The highest BCUT2D eigenvalue weighted by Gasteiger charge is 2.45. The standard InChI is InChI=1S/C22H28N2O3/c1-2-27-18-12-10-16(11-13-18)19-20(23-14-6-7-15-23)22(26)24(21(19)25)17-8-4-3-5-9-17/h10-13,17H,2-9,14-15H2,1H3. The van der Waals surface area contributed by atoms with Gasteiger partial charge in [-0.25, -0.2) is 0 Å². The predicted molar refractivity (Wildman–Crippen MR) is 104 cm³/mol. The molecule has 5 nitrogen and oxygen atoms in total. The van der Waals surface area contributed by atoms with Crippen molar-refractivity contribution >= 4 is 17.4 Å². The maximum absolute atomic E-state index is 13.4. The van der Waals surface area contributed by atoms with Crippen molar-refractivity contribution in [1.29, 1.82) is 0 Å². The topological polar surface area (TPSA) is 49.9 Å². The molecule has 144 valence electrons. The van der Waals surface area contributed by atoms with Crippen molar-refractivity contribution in [1.82, 2.24) is 9.80 Å². The Labute approximate surface area is 161 Å². The molecule has 0 spiro atoms. The second-order valence-electron chi connectivity index (χ2n) is 7.65. The van der Waals surface area contributed by atoms with E-state index in [9.17, 15) is 9.59 Å². The lowest BCUT2D eigenvalue weighted by molar-refractivity contribution is -0.140. The van der Waals surface area contributed by atoms with Gasteiger partial charge in [0.15, 0.2) is 0 Å². The average Bonchev–Trinajstić information content (AvgIpc) is 3.30. The van der Waals surface area contributed by atoms with Crippen LogP contribution in [0.25, 0.3) is 5.57 Å². The van der Waals surface area contributed by atoms with E-state index in [0.717, 1.165) is 62.9 Å². The molecule has 1 saturated heterocycles. The van der Waals surface area contributed by atoms with Crippen molar-refractivity contribution in [2.24, 2.45) is 0 Å². The van der Waals surface area contributed by atoms with Gasteiger partial charge in [0.25, 0.3) is 11.8 Å². The molecule has 1 aromatic carbocycles. The van der Waals surface area contributed by atoms with Gasteiger partial charge in [0.1, 0.15) is 11.4 Å². The summed E-state index contributed by atoms with van der Waals surface area (Å²) in [6, 6.07) is 7.64. The van der Waals surface area contributed by atoms with Gasteiger partial charge < -0.3 is 9.64 Å². The molecule has 2 amide bonds. The van der Waals surface area contributed by atoms with E-state index < -0.39 is 0 Å². The van der Waals surface area contributed by atoms with Gasteiger partial charge in [-0.2, -0.15) is 0 Å². The molecule has 0 atom stereocenters. The van der Waals surface area contributed by atoms with Crippen LogP contribution in [0.2, 0.25) is 0 Å². The van der Waals surface area contributed by atoms with Gasteiger partial charge in [-0.1, -0.05) is 31.4 Å². The summed E-state index contributed by atoms with van der Waals surface area (Å²) in [6.45, 7) is 4.26. The lowest BCUT2D eigenvalue weighted by Crippen LogP contribution is -2.43. The number of imide groups is 1. The van der Waals surface area contributed by atoms with Crippen LogP contribution in [-0.2, 0) is 9.59 Å². The number of carbonyl (C=O) groups excluding carboxylic acids is 2. The quantitative estimate of drug-likeness (QED) is 0.745. The number of carbonyl (C=O) groups is 2. The zero-order chi connectivity index (χ0) is 18.8. The normalized spacial score (nSPS) is 21.5. The Kier molecular flexibility index (Phi) is 5.19. The van der Waals surface area contributed by atoms with Crippen molar-refractivity contribution < 1.29 is 14.3 Å². The van der Waals surface area contributed by atoms with E-state index in [-0.39, 0.29) is 17.9 Å². The first-order chi connectivity index (χ1) is 13.2.